The van der Waals surface area contributed by atoms with Crippen molar-refractivity contribution in [2.24, 2.45) is 0 Å². The number of hydrogen-bond donors (Lipinski definition) is 2. The molecular formula is C23H21BrN2O3. The molecule has 0 bridgehead atoms. The van der Waals surface area contributed by atoms with E-state index < -0.39 is 0 Å². The zero-order chi connectivity index (χ0) is 20.8. The molecule has 0 aliphatic carbocycles. The molecule has 0 saturated heterocycles. The highest BCUT2D eigenvalue weighted by Crippen LogP contribution is 2.27. The van der Waals surface area contributed by atoms with Crippen molar-refractivity contribution in [2.45, 2.75) is 20.0 Å². The summed E-state index contributed by atoms with van der Waals surface area (Å²) in [5.41, 5.74) is 2.24. The van der Waals surface area contributed by atoms with E-state index >= 15 is 0 Å². The van der Waals surface area contributed by atoms with E-state index in [1.54, 1.807) is 66.7 Å². The van der Waals surface area contributed by atoms with Gasteiger partial charge in [0.25, 0.3) is 11.8 Å². The van der Waals surface area contributed by atoms with E-state index in [1.807, 2.05) is 19.9 Å². The molecule has 29 heavy (non-hydrogen) atoms. The Morgan fingerprint density at radius 2 is 1.41 bits per heavy atom. The Kier molecular flexibility index (Phi) is 6.67. The first-order chi connectivity index (χ1) is 13.9. The fourth-order valence-electron chi connectivity index (χ4n) is 2.66. The molecule has 0 aliphatic rings. The maximum absolute atomic E-state index is 12.6. The Hall–Kier alpha value is -3.12. The lowest BCUT2D eigenvalue weighted by Gasteiger charge is -2.13. The first kappa shape index (κ1) is 20.6. The number of benzene rings is 3. The molecule has 2 amide bonds. The zero-order valence-corrected chi connectivity index (χ0v) is 17.7. The Labute approximate surface area is 178 Å². The molecule has 0 atom stereocenters. The highest BCUT2D eigenvalue weighted by Gasteiger charge is 2.11. The normalized spacial score (nSPS) is 10.5. The first-order valence-corrected chi connectivity index (χ1v) is 9.95. The third-order valence-corrected chi connectivity index (χ3v) is 4.59. The minimum Gasteiger partial charge on any atom is -0.490 e. The number of halogens is 1. The number of rotatable bonds is 6. The maximum atomic E-state index is 12.6. The van der Waals surface area contributed by atoms with Gasteiger partial charge in [0.15, 0.2) is 0 Å². The molecule has 3 aromatic rings. The smallest absolute Gasteiger partial charge is 0.255 e. The zero-order valence-electron chi connectivity index (χ0n) is 16.1. The average molecular weight is 453 g/mol. The van der Waals surface area contributed by atoms with Gasteiger partial charge in [0, 0.05) is 22.5 Å². The SMILES string of the molecule is CC(C)Oc1ccc(C(=O)Nc2cccc(NC(=O)c3ccccc3)c2)cc1Br. The molecule has 5 nitrogen and oxygen atoms in total. The summed E-state index contributed by atoms with van der Waals surface area (Å²) >= 11 is 3.44. The van der Waals surface area contributed by atoms with Crippen LogP contribution in [0.4, 0.5) is 11.4 Å². The predicted molar refractivity (Wildman–Crippen MR) is 119 cm³/mol. The summed E-state index contributed by atoms with van der Waals surface area (Å²) < 4.78 is 6.38. The number of amides is 2. The summed E-state index contributed by atoms with van der Waals surface area (Å²) in [6.07, 6.45) is 0.0415. The third-order valence-electron chi connectivity index (χ3n) is 3.97. The number of hydrogen-bond acceptors (Lipinski definition) is 3. The molecule has 0 radical (unpaired) electrons. The Morgan fingerprint density at radius 3 is 2.00 bits per heavy atom. The topological polar surface area (TPSA) is 67.4 Å². The summed E-state index contributed by atoms with van der Waals surface area (Å²) in [5, 5.41) is 5.68. The molecule has 148 valence electrons. The van der Waals surface area contributed by atoms with Crippen LogP contribution >= 0.6 is 15.9 Å². The van der Waals surface area contributed by atoms with Crippen molar-refractivity contribution in [3.63, 3.8) is 0 Å². The van der Waals surface area contributed by atoms with Crippen molar-refractivity contribution in [3.05, 3.63) is 88.4 Å². The number of carbonyl (C=O) groups is 2. The molecule has 3 rings (SSSR count). The Bertz CT molecular complexity index is 1020. The van der Waals surface area contributed by atoms with Gasteiger partial charge in [-0.05, 0) is 78.3 Å². The van der Waals surface area contributed by atoms with E-state index in [-0.39, 0.29) is 17.9 Å². The lowest BCUT2D eigenvalue weighted by atomic mass is 10.2. The summed E-state index contributed by atoms with van der Waals surface area (Å²) in [6.45, 7) is 3.88. The van der Waals surface area contributed by atoms with Crippen molar-refractivity contribution in [3.8, 4) is 5.75 Å². The monoisotopic (exact) mass is 452 g/mol. The number of ether oxygens (including phenoxy) is 1. The lowest BCUT2D eigenvalue weighted by Crippen LogP contribution is -2.14. The van der Waals surface area contributed by atoms with Crippen LogP contribution in [0.1, 0.15) is 34.6 Å². The molecule has 0 saturated carbocycles. The van der Waals surface area contributed by atoms with Gasteiger partial charge >= 0.3 is 0 Å². The summed E-state index contributed by atoms with van der Waals surface area (Å²) in [5.74, 6) is 0.217. The van der Waals surface area contributed by atoms with Crippen molar-refractivity contribution >= 4 is 39.1 Å². The second-order valence-corrected chi connectivity index (χ2v) is 7.52. The molecular weight excluding hydrogens is 432 g/mol. The van der Waals surface area contributed by atoms with Crippen LogP contribution in [0.2, 0.25) is 0 Å². The minimum atomic E-state index is -0.256. The van der Waals surface area contributed by atoms with Crippen molar-refractivity contribution in [1.29, 1.82) is 0 Å². The van der Waals surface area contributed by atoms with Crippen LogP contribution in [0.5, 0.6) is 5.75 Å². The lowest BCUT2D eigenvalue weighted by molar-refractivity contribution is 0.101. The molecule has 0 aromatic heterocycles. The van der Waals surface area contributed by atoms with Gasteiger partial charge in [-0.3, -0.25) is 9.59 Å². The van der Waals surface area contributed by atoms with Gasteiger partial charge in [-0.25, -0.2) is 0 Å². The van der Waals surface area contributed by atoms with Crippen LogP contribution in [-0.2, 0) is 0 Å². The Balaban J connectivity index is 1.69. The number of nitrogens with one attached hydrogen (secondary N) is 2. The van der Waals surface area contributed by atoms with E-state index in [0.717, 1.165) is 0 Å². The summed E-state index contributed by atoms with van der Waals surface area (Å²) in [7, 11) is 0. The highest BCUT2D eigenvalue weighted by atomic mass is 79.9. The van der Waals surface area contributed by atoms with Crippen molar-refractivity contribution in [1.82, 2.24) is 0 Å². The van der Waals surface area contributed by atoms with E-state index in [2.05, 4.69) is 26.6 Å². The van der Waals surface area contributed by atoms with Gasteiger partial charge in [0.2, 0.25) is 0 Å². The molecule has 6 heteroatoms. The number of carbonyl (C=O) groups excluding carboxylic acids is 2. The van der Waals surface area contributed by atoms with Crippen LogP contribution < -0.4 is 15.4 Å². The van der Waals surface area contributed by atoms with Gasteiger partial charge in [-0.1, -0.05) is 24.3 Å². The standard InChI is InChI=1S/C23H21BrN2O3/c1-15(2)29-21-12-11-17(13-20(21)24)23(28)26-19-10-6-9-18(14-19)25-22(27)16-7-4-3-5-8-16/h3-15H,1-2H3,(H,25,27)(H,26,28). The fourth-order valence-corrected chi connectivity index (χ4v) is 3.13. The van der Waals surface area contributed by atoms with Crippen LogP contribution in [0.3, 0.4) is 0 Å². The second kappa shape index (κ2) is 9.39. The van der Waals surface area contributed by atoms with E-state index in [0.29, 0.717) is 32.7 Å². The highest BCUT2D eigenvalue weighted by molar-refractivity contribution is 9.10. The van der Waals surface area contributed by atoms with E-state index in [4.69, 9.17) is 4.74 Å². The molecule has 3 aromatic carbocycles. The third kappa shape index (κ3) is 5.68. The maximum Gasteiger partial charge on any atom is 0.255 e. The Morgan fingerprint density at radius 1 is 0.793 bits per heavy atom. The quantitative estimate of drug-likeness (QED) is 0.500. The fraction of sp³-hybridized carbons (Fsp3) is 0.130. The largest absolute Gasteiger partial charge is 0.490 e. The van der Waals surface area contributed by atoms with Gasteiger partial charge in [-0.2, -0.15) is 0 Å². The average Bonchev–Trinajstić information content (AvgIpc) is 2.70. The van der Waals surface area contributed by atoms with Crippen LogP contribution in [0.15, 0.2) is 77.3 Å². The predicted octanol–water partition coefficient (Wildman–Crippen LogP) is 5.74. The van der Waals surface area contributed by atoms with Crippen LogP contribution in [0.25, 0.3) is 0 Å². The van der Waals surface area contributed by atoms with Crippen LogP contribution in [0, 0.1) is 0 Å². The molecule has 0 heterocycles. The van der Waals surface area contributed by atoms with Gasteiger partial charge in [-0.15, -0.1) is 0 Å². The molecule has 0 aliphatic heterocycles. The summed E-state index contributed by atoms with van der Waals surface area (Å²) in [6, 6.07) is 21.1. The molecule has 0 unspecified atom stereocenters. The van der Waals surface area contributed by atoms with Gasteiger partial charge in [0.05, 0.1) is 10.6 Å². The van der Waals surface area contributed by atoms with E-state index in [1.165, 1.54) is 0 Å². The van der Waals surface area contributed by atoms with Crippen molar-refractivity contribution in [2.75, 3.05) is 10.6 Å². The molecule has 0 spiro atoms. The summed E-state index contributed by atoms with van der Waals surface area (Å²) in [4.78, 5) is 24.9. The molecule has 0 fully saturated rings. The van der Waals surface area contributed by atoms with Gasteiger partial charge in [0.1, 0.15) is 5.75 Å². The first-order valence-electron chi connectivity index (χ1n) is 9.16. The molecule has 2 N–H and O–H groups in total. The second-order valence-electron chi connectivity index (χ2n) is 6.67. The van der Waals surface area contributed by atoms with Crippen molar-refractivity contribution < 1.29 is 14.3 Å². The van der Waals surface area contributed by atoms with Gasteiger partial charge < -0.3 is 15.4 Å². The van der Waals surface area contributed by atoms with Crippen LogP contribution in [-0.4, -0.2) is 17.9 Å². The number of anilines is 2. The van der Waals surface area contributed by atoms with E-state index in [9.17, 15) is 9.59 Å². The minimum absolute atomic E-state index is 0.0415.